The van der Waals surface area contributed by atoms with E-state index in [1.807, 2.05) is 13.0 Å². The average Bonchev–Trinajstić information content (AvgIpc) is 3.06. The lowest BCUT2D eigenvalue weighted by molar-refractivity contribution is -0.192. The third-order valence-corrected chi connectivity index (χ3v) is 5.05. The highest BCUT2D eigenvalue weighted by Gasteiger charge is 2.38. The second-order valence-electron chi connectivity index (χ2n) is 6.53. The van der Waals surface area contributed by atoms with Crippen molar-refractivity contribution < 1.29 is 32.2 Å². The lowest BCUT2D eigenvalue weighted by Crippen LogP contribution is -2.39. The van der Waals surface area contributed by atoms with Crippen LogP contribution in [0.1, 0.15) is 23.5 Å². The molecule has 1 N–H and O–H groups in total. The molecular weight excluding hydrogens is 412 g/mol. The monoisotopic (exact) mass is 434 g/mol. The molecule has 0 saturated carbocycles. The minimum Gasteiger partial charge on any atom is -0.490 e. The molecule has 0 unspecified atom stereocenters. The van der Waals surface area contributed by atoms with Gasteiger partial charge in [0.05, 0.1) is 10.7 Å². The molecule has 1 aliphatic rings. The molecule has 29 heavy (non-hydrogen) atoms. The first-order valence-electron chi connectivity index (χ1n) is 8.99. The van der Waals surface area contributed by atoms with Crippen LogP contribution in [-0.4, -0.2) is 52.9 Å². The number of aromatic nitrogens is 1. The predicted molar refractivity (Wildman–Crippen MR) is 101 cm³/mol. The molecule has 2 aromatic rings. The summed E-state index contributed by atoms with van der Waals surface area (Å²) in [7, 11) is 0. The quantitative estimate of drug-likeness (QED) is 0.711. The summed E-state index contributed by atoms with van der Waals surface area (Å²) in [6.07, 6.45) is -1.89. The van der Waals surface area contributed by atoms with Gasteiger partial charge in [0.15, 0.2) is 0 Å². The molecule has 1 aromatic heterocycles. The highest BCUT2D eigenvalue weighted by molar-refractivity contribution is 7.09. The number of aliphatic carboxylic acids is 1. The number of carboxylic acid groups (broad SMARTS) is 1. The first kappa shape index (κ1) is 23.1. The number of carboxylic acids is 1. The predicted octanol–water partition coefficient (Wildman–Crippen LogP) is 4.31. The molecule has 0 amide bonds. The number of ether oxygens (including phenoxy) is 1. The summed E-state index contributed by atoms with van der Waals surface area (Å²) in [5, 5.41) is 10.4. The molecule has 0 radical (unpaired) electrons. The molecule has 0 atom stereocenters. The number of hydrogen-bond donors (Lipinski definition) is 1. The highest BCUT2D eigenvalue weighted by atomic mass is 32.1. The van der Waals surface area contributed by atoms with Gasteiger partial charge in [0, 0.05) is 37.5 Å². The molecule has 1 saturated heterocycles. The zero-order valence-electron chi connectivity index (χ0n) is 15.8. The Hall–Kier alpha value is -2.20. The van der Waals surface area contributed by atoms with E-state index in [0.29, 0.717) is 5.75 Å². The number of rotatable bonds is 5. The molecule has 10 heteroatoms. The highest BCUT2D eigenvalue weighted by Crippen LogP contribution is 2.20. The molecule has 5 nitrogen and oxygen atoms in total. The maximum absolute atomic E-state index is 13.2. The van der Waals surface area contributed by atoms with Gasteiger partial charge in [-0.25, -0.2) is 14.2 Å². The maximum atomic E-state index is 13.2. The Kier molecular flexibility index (Phi) is 8.39. The Balaban J connectivity index is 0.000000370. The number of carbonyl (C=O) groups is 1. The molecular formula is C19H22F4N2O3S. The smallest absolute Gasteiger partial charge is 0.490 e. The Morgan fingerprint density at radius 3 is 2.52 bits per heavy atom. The van der Waals surface area contributed by atoms with E-state index < -0.39 is 12.1 Å². The van der Waals surface area contributed by atoms with Crippen molar-refractivity contribution in [2.75, 3.05) is 19.6 Å². The first-order chi connectivity index (χ1) is 13.6. The minimum absolute atomic E-state index is 0.194. The second-order valence-corrected chi connectivity index (χ2v) is 7.59. The van der Waals surface area contributed by atoms with E-state index >= 15 is 0 Å². The van der Waals surface area contributed by atoms with Crippen LogP contribution in [0.3, 0.4) is 0 Å². The summed E-state index contributed by atoms with van der Waals surface area (Å²) >= 11 is 1.71. The SMILES string of the molecule is Cc1nc(CCN2CCC(Oc3cccc(F)c3)CC2)cs1.O=C(O)C(F)(F)F. The third kappa shape index (κ3) is 8.36. The lowest BCUT2D eigenvalue weighted by Gasteiger charge is -2.32. The van der Waals surface area contributed by atoms with Gasteiger partial charge in [0.25, 0.3) is 0 Å². The van der Waals surface area contributed by atoms with Gasteiger partial charge in [-0.05, 0) is 31.9 Å². The summed E-state index contributed by atoms with van der Waals surface area (Å²) in [6, 6.07) is 6.41. The standard InChI is InChI=1S/C17H21FN2OS.C2HF3O2/c1-13-19-15(12-22-13)5-8-20-9-6-16(7-10-20)21-17-4-2-3-14(18)11-17;3-2(4,5)1(6)7/h2-4,11-12,16H,5-10H2,1H3;(H,6,7). The van der Waals surface area contributed by atoms with Crippen molar-refractivity contribution in [1.82, 2.24) is 9.88 Å². The number of likely N-dealkylation sites (tertiary alicyclic amines) is 1. The van der Waals surface area contributed by atoms with Gasteiger partial charge in [0.1, 0.15) is 17.7 Å². The van der Waals surface area contributed by atoms with Crippen molar-refractivity contribution >= 4 is 17.3 Å². The van der Waals surface area contributed by atoms with Crippen LogP contribution < -0.4 is 4.74 Å². The van der Waals surface area contributed by atoms with Crippen LogP contribution in [0, 0.1) is 12.7 Å². The molecule has 0 spiro atoms. The normalized spacial score (nSPS) is 15.5. The van der Waals surface area contributed by atoms with E-state index in [4.69, 9.17) is 14.6 Å². The summed E-state index contributed by atoms with van der Waals surface area (Å²) in [6.45, 7) is 5.16. The topological polar surface area (TPSA) is 62.7 Å². The number of aryl methyl sites for hydroxylation is 1. The maximum Gasteiger partial charge on any atom is 0.490 e. The van der Waals surface area contributed by atoms with Crippen molar-refractivity contribution in [2.45, 2.75) is 38.5 Å². The summed E-state index contributed by atoms with van der Waals surface area (Å²) in [5.41, 5.74) is 1.20. The lowest BCUT2D eigenvalue weighted by atomic mass is 10.1. The Morgan fingerprint density at radius 2 is 2.00 bits per heavy atom. The fourth-order valence-corrected chi connectivity index (χ4v) is 3.43. The number of alkyl halides is 3. The van der Waals surface area contributed by atoms with Crippen molar-refractivity contribution in [3.8, 4) is 5.75 Å². The van der Waals surface area contributed by atoms with Crippen molar-refractivity contribution in [2.24, 2.45) is 0 Å². The fraction of sp³-hybridized carbons (Fsp3) is 0.474. The van der Waals surface area contributed by atoms with Crippen LogP contribution in [0.15, 0.2) is 29.6 Å². The van der Waals surface area contributed by atoms with Crippen molar-refractivity contribution in [3.05, 3.63) is 46.2 Å². The largest absolute Gasteiger partial charge is 0.490 e. The zero-order chi connectivity index (χ0) is 21.4. The van der Waals surface area contributed by atoms with Gasteiger partial charge < -0.3 is 14.7 Å². The minimum atomic E-state index is -5.08. The van der Waals surface area contributed by atoms with E-state index in [0.717, 1.165) is 43.9 Å². The van der Waals surface area contributed by atoms with Crippen LogP contribution in [-0.2, 0) is 11.2 Å². The Labute approximate surface area is 169 Å². The molecule has 160 valence electrons. The van der Waals surface area contributed by atoms with Crippen LogP contribution in [0.4, 0.5) is 17.6 Å². The number of halogens is 4. The van der Waals surface area contributed by atoms with E-state index in [9.17, 15) is 17.6 Å². The molecule has 1 aliphatic heterocycles. The molecule has 0 bridgehead atoms. The molecule has 0 aliphatic carbocycles. The van der Waals surface area contributed by atoms with Gasteiger partial charge in [-0.15, -0.1) is 11.3 Å². The van der Waals surface area contributed by atoms with Crippen LogP contribution in [0.25, 0.3) is 0 Å². The summed E-state index contributed by atoms with van der Waals surface area (Å²) < 4.78 is 50.8. The average molecular weight is 434 g/mol. The van der Waals surface area contributed by atoms with Gasteiger partial charge in [-0.1, -0.05) is 6.07 Å². The second kappa shape index (κ2) is 10.5. The van der Waals surface area contributed by atoms with E-state index in [-0.39, 0.29) is 11.9 Å². The summed E-state index contributed by atoms with van der Waals surface area (Å²) in [5.74, 6) is -2.36. The number of nitrogens with zero attached hydrogens (tertiary/aromatic N) is 2. The molecule has 1 aromatic carbocycles. The van der Waals surface area contributed by atoms with E-state index in [1.165, 1.54) is 17.8 Å². The molecule has 2 heterocycles. The Morgan fingerprint density at radius 1 is 1.34 bits per heavy atom. The number of hydrogen-bond acceptors (Lipinski definition) is 5. The molecule has 1 fully saturated rings. The van der Waals surface area contributed by atoms with Crippen LogP contribution >= 0.6 is 11.3 Å². The zero-order valence-corrected chi connectivity index (χ0v) is 16.6. The van der Waals surface area contributed by atoms with Crippen LogP contribution in [0.2, 0.25) is 0 Å². The number of piperidine rings is 1. The van der Waals surface area contributed by atoms with Gasteiger partial charge in [0.2, 0.25) is 0 Å². The van der Waals surface area contributed by atoms with Crippen molar-refractivity contribution in [3.63, 3.8) is 0 Å². The molecule has 3 rings (SSSR count). The van der Waals surface area contributed by atoms with Crippen molar-refractivity contribution in [1.29, 1.82) is 0 Å². The summed E-state index contributed by atoms with van der Waals surface area (Å²) in [4.78, 5) is 15.9. The van der Waals surface area contributed by atoms with Crippen LogP contribution in [0.5, 0.6) is 5.75 Å². The van der Waals surface area contributed by atoms with Gasteiger partial charge in [-0.2, -0.15) is 13.2 Å². The van der Waals surface area contributed by atoms with E-state index in [1.54, 1.807) is 17.4 Å². The third-order valence-electron chi connectivity index (χ3n) is 4.23. The number of benzene rings is 1. The first-order valence-corrected chi connectivity index (χ1v) is 9.87. The fourth-order valence-electron chi connectivity index (χ4n) is 2.78. The van der Waals surface area contributed by atoms with Gasteiger partial charge >= 0.3 is 12.1 Å². The van der Waals surface area contributed by atoms with E-state index in [2.05, 4.69) is 15.3 Å². The number of thiazole rings is 1. The van der Waals surface area contributed by atoms with Gasteiger partial charge in [-0.3, -0.25) is 0 Å². The Bertz CT molecular complexity index is 790.